The molecule has 3 aromatic rings. The molecule has 23 heavy (non-hydrogen) atoms. The van der Waals surface area contributed by atoms with E-state index >= 15 is 0 Å². The molecule has 0 saturated heterocycles. The molecule has 0 aliphatic heterocycles. The Morgan fingerprint density at radius 3 is 2.52 bits per heavy atom. The molecule has 0 amide bonds. The van der Waals surface area contributed by atoms with Crippen molar-refractivity contribution in [2.24, 2.45) is 0 Å². The first kappa shape index (κ1) is 15.4. The van der Waals surface area contributed by atoms with E-state index in [1.54, 1.807) is 17.1 Å². The molecule has 0 aliphatic rings. The van der Waals surface area contributed by atoms with Crippen molar-refractivity contribution in [2.75, 3.05) is 0 Å². The molecule has 2 aromatic heterocycles. The quantitative estimate of drug-likeness (QED) is 0.783. The van der Waals surface area contributed by atoms with E-state index in [2.05, 4.69) is 10.2 Å². The van der Waals surface area contributed by atoms with Gasteiger partial charge in [0.25, 0.3) is 5.56 Å². The molecule has 0 atom stereocenters. The van der Waals surface area contributed by atoms with E-state index in [4.69, 9.17) is 0 Å². The molecular formula is C17H20N4O2. The van der Waals surface area contributed by atoms with Crippen molar-refractivity contribution >= 4 is 10.9 Å². The van der Waals surface area contributed by atoms with Gasteiger partial charge in [-0.05, 0) is 25.0 Å². The van der Waals surface area contributed by atoms with E-state index < -0.39 is 5.60 Å². The maximum Gasteiger partial charge on any atom is 0.295 e. The average Bonchev–Trinajstić information content (AvgIpc) is 3.03. The molecule has 0 aliphatic carbocycles. The summed E-state index contributed by atoms with van der Waals surface area (Å²) in [5.74, 6) is 0. The minimum absolute atomic E-state index is 0.174. The van der Waals surface area contributed by atoms with Crippen molar-refractivity contribution in [2.45, 2.75) is 38.8 Å². The molecule has 0 unspecified atom stereocenters. The van der Waals surface area contributed by atoms with Crippen LogP contribution >= 0.6 is 0 Å². The Hall–Kier alpha value is -2.47. The van der Waals surface area contributed by atoms with Crippen LogP contribution in [0, 0.1) is 0 Å². The van der Waals surface area contributed by atoms with Gasteiger partial charge in [0.05, 0.1) is 24.0 Å². The van der Waals surface area contributed by atoms with Crippen LogP contribution in [0.25, 0.3) is 16.6 Å². The summed E-state index contributed by atoms with van der Waals surface area (Å²) in [5.41, 5.74) is 0.0381. The smallest absolute Gasteiger partial charge is 0.295 e. The standard InChI is InChI=1S/C17H20N4O2/c1-3-17(23,4-2)12-21-16(22)15-13(10-18-21)11-20(19-15)14-8-6-5-7-9-14/h5-11,23H,3-4,12H2,1-2H3. The fourth-order valence-electron chi connectivity index (χ4n) is 2.53. The second-order valence-corrected chi connectivity index (χ2v) is 5.75. The van der Waals surface area contributed by atoms with Crippen LogP contribution in [0.4, 0.5) is 0 Å². The summed E-state index contributed by atoms with van der Waals surface area (Å²) in [6, 6.07) is 9.61. The Labute approximate surface area is 134 Å². The summed E-state index contributed by atoms with van der Waals surface area (Å²) in [7, 11) is 0. The average molecular weight is 312 g/mol. The number of aromatic nitrogens is 4. The highest BCUT2D eigenvalue weighted by Crippen LogP contribution is 2.17. The van der Waals surface area contributed by atoms with Crippen LogP contribution in [0.3, 0.4) is 0 Å². The summed E-state index contributed by atoms with van der Waals surface area (Å²) in [6.45, 7) is 3.97. The van der Waals surface area contributed by atoms with Crippen molar-refractivity contribution in [3.63, 3.8) is 0 Å². The third-order valence-corrected chi connectivity index (χ3v) is 4.30. The Balaban J connectivity index is 2.05. The number of nitrogens with zero attached hydrogens (tertiary/aromatic N) is 4. The van der Waals surface area contributed by atoms with E-state index in [1.807, 2.05) is 44.2 Å². The first-order valence-corrected chi connectivity index (χ1v) is 7.79. The van der Waals surface area contributed by atoms with Crippen LogP contribution in [0.2, 0.25) is 0 Å². The molecule has 1 aromatic carbocycles. The Kier molecular flexibility index (Phi) is 4.00. The van der Waals surface area contributed by atoms with Crippen molar-refractivity contribution in [3.05, 3.63) is 53.1 Å². The number of hydrogen-bond donors (Lipinski definition) is 1. The van der Waals surface area contributed by atoms with Crippen LogP contribution in [-0.2, 0) is 6.54 Å². The summed E-state index contributed by atoms with van der Waals surface area (Å²) in [6.07, 6.45) is 4.53. The number of rotatable bonds is 5. The number of aliphatic hydroxyl groups is 1. The van der Waals surface area contributed by atoms with Gasteiger partial charge in [-0.2, -0.15) is 10.2 Å². The first-order valence-electron chi connectivity index (χ1n) is 7.79. The van der Waals surface area contributed by atoms with E-state index in [0.29, 0.717) is 23.7 Å². The summed E-state index contributed by atoms with van der Waals surface area (Å²) in [5, 5.41) is 19.7. The lowest BCUT2D eigenvalue weighted by atomic mass is 9.98. The number of benzene rings is 1. The minimum atomic E-state index is -0.924. The molecule has 0 saturated carbocycles. The molecule has 6 nitrogen and oxygen atoms in total. The van der Waals surface area contributed by atoms with Crippen molar-refractivity contribution in [1.82, 2.24) is 19.6 Å². The van der Waals surface area contributed by atoms with Gasteiger partial charge in [-0.3, -0.25) is 4.79 Å². The van der Waals surface area contributed by atoms with Crippen molar-refractivity contribution in [1.29, 1.82) is 0 Å². The van der Waals surface area contributed by atoms with Gasteiger partial charge >= 0.3 is 0 Å². The van der Waals surface area contributed by atoms with Crippen LogP contribution in [-0.4, -0.2) is 30.3 Å². The fourth-order valence-corrected chi connectivity index (χ4v) is 2.53. The molecule has 3 rings (SSSR count). The van der Waals surface area contributed by atoms with Gasteiger partial charge in [-0.15, -0.1) is 0 Å². The molecule has 2 heterocycles. The van der Waals surface area contributed by atoms with Gasteiger partial charge in [0.2, 0.25) is 0 Å². The zero-order chi connectivity index (χ0) is 16.4. The lowest BCUT2D eigenvalue weighted by Gasteiger charge is -2.24. The highest BCUT2D eigenvalue weighted by molar-refractivity contribution is 5.76. The molecule has 1 N–H and O–H groups in total. The Morgan fingerprint density at radius 1 is 1.17 bits per heavy atom. The van der Waals surface area contributed by atoms with E-state index in [9.17, 15) is 9.90 Å². The normalized spacial score (nSPS) is 12.0. The largest absolute Gasteiger partial charge is 0.388 e. The summed E-state index contributed by atoms with van der Waals surface area (Å²) in [4.78, 5) is 12.6. The van der Waals surface area contributed by atoms with Crippen LogP contribution in [0.5, 0.6) is 0 Å². The Bertz CT molecular complexity index is 863. The van der Waals surface area contributed by atoms with Crippen LogP contribution in [0.15, 0.2) is 47.5 Å². The number of fused-ring (bicyclic) bond motifs is 1. The van der Waals surface area contributed by atoms with Gasteiger partial charge in [0, 0.05) is 11.6 Å². The zero-order valence-corrected chi connectivity index (χ0v) is 13.3. The van der Waals surface area contributed by atoms with Crippen LogP contribution < -0.4 is 5.56 Å². The van der Waals surface area contributed by atoms with Crippen molar-refractivity contribution in [3.8, 4) is 5.69 Å². The number of para-hydroxylation sites is 1. The second-order valence-electron chi connectivity index (χ2n) is 5.75. The zero-order valence-electron chi connectivity index (χ0n) is 13.3. The summed E-state index contributed by atoms with van der Waals surface area (Å²) >= 11 is 0. The predicted octanol–water partition coefficient (Wildman–Crippen LogP) is 2.13. The molecule has 0 fully saturated rings. The minimum Gasteiger partial charge on any atom is -0.388 e. The first-order chi connectivity index (χ1) is 11.1. The fraction of sp³-hybridized carbons (Fsp3) is 0.353. The molecule has 120 valence electrons. The van der Waals surface area contributed by atoms with Crippen molar-refractivity contribution < 1.29 is 5.11 Å². The third-order valence-electron chi connectivity index (χ3n) is 4.30. The molecule has 0 bridgehead atoms. The van der Waals surface area contributed by atoms with Gasteiger partial charge < -0.3 is 5.11 Å². The van der Waals surface area contributed by atoms with Crippen LogP contribution in [0.1, 0.15) is 26.7 Å². The number of hydrogen-bond acceptors (Lipinski definition) is 4. The second kappa shape index (κ2) is 5.96. The molecule has 0 spiro atoms. The van der Waals surface area contributed by atoms with Gasteiger partial charge in [0.1, 0.15) is 0 Å². The van der Waals surface area contributed by atoms with E-state index in [-0.39, 0.29) is 12.1 Å². The molecule has 6 heteroatoms. The predicted molar refractivity (Wildman–Crippen MR) is 88.7 cm³/mol. The van der Waals surface area contributed by atoms with Gasteiger partial charge in [-0.1, -0.05) is 32.0 Å². The highest BCUT2D eigenvalue weighted by Gasteiger charge is 2.24. The van der Waals surface area contributed by atoms with Gasteiger partial charge in [-0.25, -0.2) is 9.36 Å². The topological polar surface area (TPSA) is 72.9 Å². The highest BCUT2D eigenvalue weighted by atomic mass is 16.3. The maximum absolute atomic E-state index is 12.6. The van der Waals surface area contributed by atoms with E-state index in [1.165, 1.54) is 4.68 Å². The lowest BCUT2D eigenvalue weighted by Crippen LogP contribution is -2.38. The summed E-state index contributed by atoms with van der Waals surface area (Å²) < 4.78 is 2.97. The third kappa shape index (κ3) is 2.90. The lowest BCUT2D eigenvalue weighted by molar-refractivity contribution is 0.0107. The molecular weight excluding hydrogens is 292 g/mol. The maximum atomic E-state index is 12.6. The van der Waals surface area contributed by atoms with E-state index in [0.717, 1.165) is 5.69 Å². The SMILES string of the molecule is CCC(O)(CC)Cn1ncc2cn(-c3ccccc3)nc2c1=O. The van der Waals surface area contributed by atoms with Gasteiger partial charge in [0.15, 0.2) is 5.52 Å². The monoisotopic (exact) mass is 312 g/mol. The Morgan fingerprint density at radius 2 is 1.87 bits per heavy atom. The molecule has 0 radical (unpaired) electrons.